The molecule has 0 amide bonds. The summed E-state index contributed by atoms with van der Waals surface area (Å²) in [5, 5.41) is 10.0. The second-order valence-corrected chi connectivity index (χ2v) is 6.63. The van der Waals surface area contributed by atoms with Gasteiger partial charge in [-0.05, 0) is 19.9 Å². The summed E-state index contributed by atoms with van der Waals surface area (Å²) in [5.41, 5.74) is 1.17. The first-order valence-electron chi connectivity index (χ1n) is 7.23. The van der Waals surface area contributed by atoms with Gasteiger partial charge in [0.05, 0.1) is 11.4 Å². The number of nitrogens with zero attached hydrogens (tertiary/aromatic N) is 2. The van der Waals surface area contributed by atoms with Crippen molar-refractivity contribution in [2.45, 2.75) is 52.0 Å². The number of aromatic amines is 1. The third-order valence-corrected chi connectivity index (χ3v) is 5.39. The van der Waals surface area contributed by atoms with Gasteiger partial charge in [0.15, 0.2) is 0 Å². The molecular weight excluding hydrogens is 276 g/mol. The first-order chi connectivity index (χ1) is 9.48. The summed E-state index contributed by atoms with van der Waals surface area (Å²) in [5.74, 6) is 0. The summed E-state index contributed by atoms with van der Waals surface area (Å²) < 4.78 is 27.1. The molecule has 2 N–H and O–H groups in total. The molecule has 0 spiro atoms. The van der Waals surface area contributed by atoms with Crippen molar-refractivity contribution in [3.63, 3.8) is 0 Å². The van der Waals surface area contributed by atoms with Crippen molar-refractivity contribution in [2.24, 2.45) is 0 Å². The van der Waals surface area contributed by atoms with Crippen LogP contribution in [0.3, 0.4) is 0 Å². The van der Waals surface area contributed by atoms with E-state index < -0.39 is 10.0 Å². The number of H-pyrrole nitrogens is 1. The topological polar surface area (TPSA) is 78.1 Å². The molecule has 0 atom stereocenters. The van der Waals surface area contributed by atoms with Gasteiger partial charge in [0.25, 0.3) is 0 Å². The SMILES string of the molecule is CCCCN(CC)S(=O)(=O)c1c(CNCC)n[nH]c1C. The maximum absolute atomic E-state index is 12.8. The summed E-state index contributed by atoms with van der Waals surface area (Å²) in [4.78, 5) is 0.330. The lowest BCUT2D eigenvalue weighted by Crippen LogP contribution is -2.33. The number of aryl methyl sites for hydroxylation is 1. The van der Waals surface area contributed by atoms with E-state index in [2.05, 4.69) is 22.4 Å². The minimum Gasteiger partial charge on any atom is -0.311 e. The summed E-state index contributed by atoms with van der Waals surface area (Å²) in [6.07, 6.45) is 1.84. The van der Waals surface area contributed by atoms with Crippen molar-refractivity contribution in [1.29, 1.82) is 0 Å². The van der Waals surface area contributed by atoms with Crippen LogP contribution in [0.25, 0.3) is 0 Å². The molecule has 0 radical (unpaired) electrons. The Kier molecular flexibility index (Phi) is 6.64. The van der Waals surface area contributed by atoms with Crippen LogP contribution in [0.2, 0.25) is 0 Å². The van der Waals surface area contributed by atoms with E-state index in [1.165, 1.54) is 4.31 Å². The molecule has 6 nitrogen and oxygen atoms in total. The van der Waals surface area contributed by atoms with Crippen LogP contribution in [-0.2, 0) is 16.6 Å². The van der Waals surface area contributed by atoms with Crippen molar-refractivity contribution in [3.05, 3.63) is 11.4 Å². The van der Waals surface area contributed by atoms with Crippen LogP contribution in [0.1, 0.15) is 45.0 Å². The van der Waals surface area contributed by atoms with E-state index in [1.807, 2.05) is 13.8 Å². The molecule has 0 fully saturated rings. The molecule has 0 aromatic carbocycles. The van der Waals surface area contributed by atoms with Gasteiger partial charge in [0.1, 0.15) is 4.90 Å². The van der Waals surface area contributed by atoms with Crippen LogP contribution in [0.4, 0.5) is 0 Å². The molecule has 1 rings (SSSR count). The number of rotatable bonds is 9. The van der Waals surface area contributed by atoms with E-state index in [9.17, 15) is 8.42 Å². The van der Waals surface area contributed by atoms with Gasteiger partial charge in [-0.2, -0.15) is 9.40 Å². The summed E-state index contributed by atoms with van der Waals surface area (Å²) in [6, 6.07) is 0. The summed E-state index contributed by atoms with van der Waals surface area (Å²) >= 11 is 0. The Hall–Kier alpha value is -0.920. The molecule has 0 aliphatic carbocycles. The van der Waals surface area contributed by atoms with Gasteiger partial charge in [-0.3, -0.25) is 5.10 Å². The molecule has 116 valence electrons. The molecule has 20 heavy (non-hydrogen) atoms. The molecule has 0 aliphatic heterocycles. The zero-order chi connectivity index (χ0) is 15.2. The fourth-order valence-electron chi connectivity index (χ4n) is 2.09. The van der Waals surface area contributed by atoms with E-state index in [0.717, 1.165) is 19.4 Å². The maximum atomic E-state index is 12.8. The highest BCUT2D eigenvalue weighted by Crippen LogP contribution is 2.22. The Balaban J connectivity index is 3.09. The quantitative estimate of drug-likeness (QED) is 0.727. The van der Waals surface area contributed by atoms with E-state index in [1.54, 1.807) is 6.92 Å². The second kappa shape index (κ2) is 7.75. The van der Waals surface area contributed by atoms with Gasteiger partial charge in [-0.25, -0.2) is 8.42 Å². The predicted molar refractivity (Wildman–Crippen MR) is 80.0 cm³/mol. The molecule has 0 saturated carbocycles. The van der Waals surface area contributed by atoms with E-state index in [4.69, 9.17) is 0 Å². The Morgan fingerprint density at radius 2 is 2.00 bits per heavy atom. The number of hydrogen-bond donors (Lipinski definition) is 2. The number of hydrogen-bond acceptors (Lipinski definition) is 4. The smallest absolute Gasteiger partial charge is 0.246 e. The fourth-order valence-corrected chi connectivity index (χ4v) is 3.90. The first kappa shape index (κ1) is 17.1. The Labute approximate surface area is 122 Å². The monoisotopic (exact) mass is 302 g/mol. The van der Waals surface area contributed by atoms with E-state index >= 15 is 0 Å². The average molecular weight is 302 g/mol. The average Bonchev–Trinajstić information content (AvgIpc) is 2.78. The molecule has 1 aromatic heterocycles. The molecule has 7 heteroatoms. The van der Waals surface area contributed by atoms with Crippen molar-refractivity contribution >= 4 is 10.0 Å². The minimum atomic E-state index is -3.47. The van der Waals surface area contributed by atoms with Gasteiger partial charge in [0, 0.05) is 19.6 Å². The van der Waals surface area contributed by atoms with Crippen LogP contribution in [-0.4, -0.2) is 42.6 Å². The van der Waals surface area contributed by atoms with Crippen LogP contribution < -0.4 is 5.32 Å². The first-order valence-corrected chi connectivity index (χ1v) is 8.67. The highest BCUT2D eigenvalue weighted by molar-refractivity contribution is 7.89. The van der Waals surface area contributed by atoms with Crippen LogP contribution >= 0.6 is 0 Å². The van der Waals surface area contributed by atoms with Gasteiger partial charge in [-0.1, -0.05) is 27.2 Å². The van der Waals surface area contributed by atoms with Crippen LogP contribution in [0.5, 0.6) is 0 Å². The normalized spacial score (nSPS) is 12.2. The number of unbranched alkanes of at least 4 members (excludes halogenated alkanes) is 1. The third-order valence-electron chi connectivity index (χ3n) is 3.22. The largest absolute Gasteiger partial charge is 0.311 e. The van der Waals surface area contributed by atoms with Gasteiger partial charge < -0.3 is 5.32 Å². The zero-order valence-electron chi connectivity index (χ0n) is 12.9. The predicted octanol–water partition coefficient (Wildman–Crippen LogP) is 1.64. The van der Waals surface area contributed by atoms with Crippen molar-refractivity contribution in [3.8, 4) is 0 Å². The molecule has 1 heterocycles. The van der Waals surface area contributed by atoms with Crippen LogP contribution in [0.15, 0.2) is 4.90 Å². The zero-order valence-corrected chi connectivity index (χ0v) is 13.7. The lowest BCUT2D eigenvalue weighted by atomic mass is 10.3. The maximum Gasteiger partial charge on any atom is 0.246 e. The highest BCUT2D eigenvalue weighted by Gasteiger charge is 2.29. The van der Waals surface area contributed by atoms with Gasteiger partial charge in [-0.15, -0.1) is 0 Å². The number of sulfonamides is 1. The second-order valence-electron chi connectivity index (χ2n) is 4.76. The Morgan fingerprint density at radius 1 is 1.30 bits per heavy atom. The number of nitrogens with one attached hydrogen (secondary N) is 2. The van der Waals surface area contributed by atoms with Crippen molar-refractivity contribution < 1.29 is 8.42 Å². The summed E-state index contributed by atoms with van der Waals surface area (Å²) in [7, 11) is -3.47. The molecular formula is C13H26N4O2S. The molecule has 0 unspecified atom stereocenters. The molecule has 0 saturated heterocycles. The lowest BCUT2D eigenvalue weighted by molar-refractivity contribution is 0.418. The Bertz CT molecular complexity index is 510. The van der Waals surface area contributed by atoms with E-state index in [-0.39, 0.29) is 0 Å². The van der Waals surface area contributed by atoms with Crippen molar-refractivity contribution in [1.82, 2.24) is 19.8 Å². The molecule has 0 aliphatic rings. The summed E-state index contributed by atoms with van der Waals surface area (Å²) in [6.45, 7) is 9.93. The highest BCUT2D eigenvalue weighted by atomic mass is 32.2. The van der Waals surface area contributed by atoms with Gasteiger partial charge >= 0.3 is 0 Å². The molecule has 0 bridgehead atoms. The van der Waals surface area contributed by atoms with Crippen molar-refractivity contribution in [2.75, 3.05) is 19.6 Å². The fraction of sp³-hybridized carbons (Fsp3) is 0.769. The Morgan fingerprint density at radius 3 is 2.55 bits per heavy atom. The van der Waals surface area contributed by atoms with Gasteiger partial charge in [0.2, 0.25) is 10.0 Å². The number of aromatic nitrogens is 2. The van der Waals surface area contributed by atoms with Crippen LogP contribution in [0, 0.1) is 6.92 Å². The lowest BCUT2D eigenvalue weighted by Gasteiger charge is -2.20. The molecule has 1 aromatic rings. The minimum absolute atomic E-state index is 0.330. The van der Waals surface area contributed by atoms with E-state index in [0.29, 0.717) is 35.9 Å². The standard InChI is InChI=1S/C13H26N4O2S/c1-5-8-9-17(7-3)20(18,19)13-11(4)15-16-12(13)10-14-6-2/h14H,5-10H2,1-4H3,(H,15,16). The third kappa shape index (κ3) is 3.80.